The minimum atomic E-state index is 0.435. The Morgan fingerprint density at radius 3 is 2.67 bits per heavy atom. The molecule has 1 heterocycles. The van der Waals surface area contributed by atoms with E-state index in [0.717, 1.165) is 25.9 Å². The summed E-state index contributed by atoms with van der Waals surface area (Å²) in [6.45, 7) is 1.99. The van der Waals surface area contributed by atoms with E-state index in [-0.39, 0.29) is 0 Å². The predicted octanol–water partition coefficient (Wildman–Crippen LogP) is 1.88. The maximum Gasteiger partial charge on any atom is 0.171 e. The van der Waals surface area contributed by atoms with Gasteiger partial charge in [0.25, 0.3) is 0 Å². The Labute approximate surface area is 95.7 Å². The zero-order valence-electron chi connectivity index (χ0n) is 9.20. The zero-order valence-corrected chi connectivity index (χ0v) is 9.96. The normalized spacial score (nSPS) is 10.7. The molecule has 15 heavy (non-hydrogen) atoms. The smallest absolute Gasteiger partial charge is 0.171 e. The van der Waals surface area contributed by atoms with Gasteiger partial charge in [-0.3, -0.25) is 0 Å². The first-order valence-corrected chi connectivity index (χ1v) is 5.43. The molecule has 0 bridgehead atoms. The molecule has 0 radical (unpaired) electrons. The van der Waals surface area contributed by atoms with E-state index >= 15 is 0 Å². The van der Waals surface area contributed by atoms with Crippen LogP contribution in [0.3, 0.4) is 0 Å². The summed E-state index contributed by atoms with van der Waals surface area (Å²) in [4.78, 5) is 10.2. The summed E-state index contributed by atoms with van der Waals surface area (Å²) in [7, 11) is 4.15. The predicted molar refractivity (Wildman–Crippen MR) is 63.3 cm³/mol. The number of aromatic nitrogens is 2. The zero-order chi connectivity index (χ0) is 11.1. The van der Waals surface area contributed by atoms with Gasteiger partial charge in [0, 0.05) is 18.9 Å². The highest BCUT2D eigenvalue weighted by molar-refractivity contribution is 6.31. The molecule has 0 saturated heterocycles. The number of hydrogen-bond donors (Lipinski definition) is 1. The van der Waals surface area contributed by atoms with Crippen LogP contribution in [0.5, 0.6) is 0 Å². The van der Waals surface area contributed by atoms with E-state index in [1.807, 2.05) is 0 Å². The molecule has 0 aliphatic carbocycles. The summed E-state index contributed by atoms with van der Waals surface area (Å²) in [6.07, 6.45) is 5.48. The fourth-order valence-electron chi connectivity index (χ4n) is 1.20. The Kier molecular flexibility index (Phi) is 5.36. The molecule has 1 aromatic rings. The number of unbranched alkanes of at least 4 members (excludes halogenated alkanes) is 1. The lowest BCUT2D eigenvalue weighted by atomic mass is 10.3. The molecule has 0 aliphatic rings. The molecule has 0 aromatic carbocycles. The van der Waals surface area contributed by atoms with Crippen LogP contribution >= 0.6 is 11.6 Å². The molecule has 1 rings (SSSR count). The van der Waals surface area contributed by atoms with E-state index in [4.69, 9.17) is 11.6 Å². The number of halogens is 1. The molecule has 0 spiro atoms. The van der Waals surface area contributed by atoms with Crippen molar-refractivity contribution in [3.05, 3.63) is 17.5 Å². The van der Waals surface area contributed by atoms with Crippen molar-refractivity contribution >= 4 is 17.4 Å². The molecule has 0 fully saturated rings. The van der Waals surface area contributed by atoms with Gasteiger partial charge in [0.1, 0.15) is 0 Å². The molecular formula is C10H17ClN4. The van der Waals surface area contributed by atoms with E-state index in [9.17, 15) is 0 Å². The van der Waals surface area contributed by atoms with Gasteiger partial charge in [0.15, 0.2) is 11.0 Å². The van der Waals surface area contributed by atoms with Crippen molar-refractivity contribution < 1.29 is 0 Å². The Balaban J connectivity index is 2.18. The first-order valence-electron chi connectivity index (χ1n) is 5.05. The van der Waals surface area contributed by atoms with Gasteiger partial charge in [-0.05, 0) is 33.5 Å². The Morgan fingerprint density at radius 2 is 2.00 bits per heavy atom. The largest absolute Gasteiger partial charge is 0.368 e. The fraction of sp³-hybridized carbons (Fsp3) is 0.600. The lowest BCUT2D eigenvalue weighted by molar-refractivity contribution is 0.396. The van der Waals surface area contributed by atoms with Crippen molar-refractivity contribution in [3.63, 3.8) is 0 Å². The van der Waals surface area contributed by atoms with Crippen LogP contribution in [0.15, 0.2) is 12.4 Å². The standard InChI is InChI=1S/C10H17ClN4/c1-15(2)8-4-3-5-13-10-9(11)12-6-7-14-10/h6-7H,3-5,8H2,1-2H3,(H,13,14). The van der Waals surface area contributed by atoms with Gasteiger partial charge in [0.05, 0.1) is 0 Å². The monoisotopic (exact) mass is 228 g/mol. The molecule has 1 aromatic heterocycles. The average Bonchev–Trinajstić information content (AvgIpc) is 2.20. The number of nitrogens with zero attached hydrogens (tertiary/aromatic N) is 3. The summed E-state index contributed by atoms with van der Waals surface area (Å²) in [5.41, 5.74) is 0. The highest BCUT2D eigenvalue weighted by Gasteiger charge is 1.99. The summed E-state index contributed by atoms with van der Waals surface area (Å²) in [5.74, 6) is 0.670. The molecule has 0 saturated carbocycles. The molecule has 84 valence electrons. The average molecular weight is 229 g/mol. The van der Waals surface area contributed by atoms with Crippen molar-refractivity contribution in [1.29, 1.82) is 0 Å². The molecule has 1 N–H and O–H groups in total. The van der Waals surface area contributed by atoms with Crippen LogP contribution in [0, 0.1) is 0 Å². The second kappa shape index (κ2) is 6.58. The second-order valence-electron chi connectivity index (χ2n) is 3.63. The van der Waals surface area contributed by atoms with Gasteiger partial charge >= 0.3 is 0 Å². The third-order valence-corrected chi connectivity index (χ3v) is 2.25. The van der Waals surface area contributed by atoms with E-state index in [0.29, 0.717) is 11.0 Å². The van der Waals surface area contributed by atoms with E-state index < -0.39 is 0 Å². The summed E-state index contributed by atoms with van der Waals surface area (Å²) in [5, 5.41) is 3.60. The van der Waals surface area contributed by atoms with Gasteiger partial charge in [0.2, 0.25) is 0 Å². The maximum atomic E-state index is 5.84. The third-order valence-electron chi connectivity index (χ3n) is 1.98. The lowest BCUT2D eigenvalue weighted by Crippen LogP contribution is -2.14. The van der Waals surface area contributed by atoms with Crippen molar-refractivity contribution in [2.45, 2.75) is 12.8 Å². The van der Waals surface area contributed by atoms with Gasteiger partial charge in [-0.2, -0.15) is 0 Å². The summed E-state index contributed by atoms with van der Waals surface area (Å²) in [6, 6.07) is 0. The van der Waals surface area contributed by atoms with Crippen molar-refractivity contribution in [2.24, 2.45) is 0 Å². The first-order chi connectivity index (χ1) is 7.20. The number of rotatable bonds is 6. The molecule has 0 atom stereocenters. The molecular weight excluding hydrogens is 212 g/mol. The van der Waals surface area contributed by atoms with Crippen LogP contribution in [-0.4, -0.2) is 42.1 Å². The van der Waals surface area contributed by atoms with Gasteiger partial charge in [-0.15, -0.1) is 0 Å². The van der Waals surface area contributed by atoms with Crippen LogP contribution in [0.2, 0.25) is 5.15 Å². The lowest BCUT2D eigenvalue weighted by Gasteiger charge is -2.09. The molecule has 5 heteroatoms. The maximum absolute atomic E-state index is 5.84. The SMILES string of the molecule is CN(C)CCCCNc1nccnc1Cl. The highest BCUT2D eigenvalue weighted by atomic mass is 35.5. The molecule has 0 amide bonds. The summed E-state index contributed by atoms with van der Waals surface area (Å²) >= 11 is 5.84. The van der Waals surface area contributed by atoms with Crippen molar-refractivity contribution in [2.75, 3.05) is 32.5 Å². The van der Waals surface area contributed by atoms with Crippen LogP contribution in [-0.2, 0) is 0 Å². The topological polar surface area (TPSA) is 41.0 Å². The van der Waals surface area contributed by atoms with Crippen LogP contribution < -0.4 is 5.32 Å². The Hall–Kier alpha value is -0.870. The second-order valence-corrected chi connectivity index (χ2v) is 3.99. The van der Waals surface area contributed by atoms with Crippen molar-refractivity contribution in [1.82, 2.24) is 14.9 Å². The van der Waals surface area contributed by atoms with Gasteiger partial charge in [-0.25, -0.2) is 9.97 Å². The quantitative estimate of drug-likeness (QED) is 0.755. The highest BCUT2D eigenvalue weighted by Crippen LogP contribution is 2.13. The minimum absolute atomic E-state index is 0.435. The third kappa shape index (κ3) is 4.95. The Morgan fingerprint density at radius 1 is 1.27 bits per heavy atom. The number of anilines is 1. The van der Waals surface area contributed by atoms with E-state index in [1.54, 1.807) is 12.4 Å². The van der Waals surface area contributed by atoms with E-state index in [2.05, 4.69) is 34.3 Å². The van der Waals surface area contributed by atoms with Crippen molar-refractivity contribution in [3.8, 4) is 0 Å². The molecule has 0 unspecified atom stereocenters. The summed E-state index contributed by atoms with van der Waals surface area (Å²) < 4.78 is 0. The van der Waals surface area contributed by atoms with Crippen LogP contribution in [0.1, 0.15) is 12.8 Å². The fourth-order valence-corrected chi connectivity index (χ4v) is 1.37. The molecule has 0 aliphatic heterocycles. The first kappa shape index (κ1) is 12.2. The van der Waals surface area contributed by atoms with Crippen LogP contribution in [0.4, 0.5) is 5.82 Å². The molecule has 4 nitrogen and oxygen atoms in total. The number of nitrogens with one attached hydrogen (secondary N) is 1. The minimum Gasteiger partial charge on any atom is -0.368 e. The Bertz CT molecular complexity index is 291. The van der Waals surface area contributed by atoms with E-state index in [1.165, 1.54) is 0 Å². The van der Waals surface area contributed by atoms with Gasteiger partial charge < -0.3 is 10.2 Å². The van der Waals surface area contributed by atoms with Crippen LogP contribution in [0.25, 0.3) is 0 Å². The number of hydrogen-bond acceptors (Lipinski definition) is 4. The van der Waals surface area contributed by atoms with Gasteiger partial charge in [-0.1, -0.05) is 11.6 Å².